The van der Waals surface area contributed by atoms with Crippen LogP contribution in [0, 0.1) is 0 Å². The van der Waals surface area contributed by atoms with Crippen LogP contribution < -0.4 is 0 Å². The van der Waals surface area contributed by atoms with Crippen LogP contribution in [0.5, 0.6) is 0 Å². The Balaban J connectivity index is 3.58. The summed E-state index contributed by atoms with van der Waals surface area (Å²) in [6, 6.07) is 0. The van der Waals surface area contributed by atoms with Crippen LogP contribution in [-0.4, -0.2) is 21.0 Å². The third kappa shape index (κ3) is 4.94. The van der Waals surface area contributed by atoms with Gasteiger partial charge in [-0.25, -0.2) is 0 Å². The van der Waals surface area contributed by atoms with Gasteiger partial charge < -0.3 is 4.74 Å². The standard InChI is InChI=1S/C6H15ClOSi/c1-4-6(7,9)8-5(2)3/h5H,4H2,1-3,9H3. The molecule has 0 saturated carbocycles. The molecule has 0 N–H and O–H groups in total. The summed E-state index contributed by atoms with van der Waals surface area (Å²) >= 11 is 5.96. The monoisotopic (exact) mass is 166 g/mol. The number of alkyl halides is 1. The molecule has 1 atom stereocenters. The van der Waals surface area contributed by atoms with Gasteiger partial charge in [0, 0.05) is 0 Å². The fraction of sp³-hybridized carbons (Fsp3) is 1.00. The van der Waals surface area contributed by atoms with E-state index in [0.29, 0.717) is 0 Å². The van der Waals surface area contributed by atoms with E-state index >= 15 is 0 Å². The molecular weight excluding hydrogens is 152 g/mol. The zero-order valence-corrected chi connectivity index (χ0v) is 9.33. The molecular formula is C6H15ClOSi. The van der Waals surface area contributed by atoms with Gasteiger partial charge in [-0.05, 0) is 20.3 Å². The lowest BCUT2D eigenvalue weighted by atomic mass is 10.4. The van der Waals surface area contributed by atoms with Crippen molar-refractivity contribution in [1.82, 2.24) is 0 Å². The fourth-order valence-corrected chi connectivity index (χ4v) is 1.22. The molecule has 0 saturated heterocycles. The van der Waals surface area contributed by atoms with Crippen molar-refractivity contribution in [3.8, 4) is 0 Å². The molecule has 0 bridgehead atoms. The van der Waals surface area contributed by atoms with Gasteiger partial charge >= 0.3 is 0 Å². The number of halogens is 1. The number of ether oxygens (including phenoxy) is 1. The molecule has 0 aromatic carbocycles. The van der Waals surface area contributed by atoms with Gasteiger partial charge in [0.2, 0.25) is 0 Å². The Labute approximate surface area is 65.2 Å². The van der Waals surface area contributed by atoms with Crippen LogP contribution in [0.2, 0.25) is 0 Å². The number of hydrogen-bond donors (Lipinski definition) is 0. The average Bonchev–Trinajstić information content (AvgIpc) is 1.63. The van der Waals surface area contributed by atoms with Crippen LogP contribution in [0.15, 0.2) is 0 Å². The van der Waals surface area contributed by atoms with Gasteiger partial charge in [-0.1, -0.05) is 18.5 Å². The maximum absolute atomic E-state index is 5.96. The predicted molar refractivity (Wildman–Crippen MR) is 45.0 cm³/mol. The first-order valence-corrected chi connectivity index (χ1v) is 4.72. The molecule has 0 rings (SSSR count). The van der Waals surface area contributed by atoms with E-state index in [0.717, 1.165) is 16.7 Å². The first kappa shape index (κ1) is 9.47. The topological polar surface area (TPSA) is 9.23 Å². The fourth-order valence-electron chi connectivity index (χ4n) is 0.575. The summed E-state index contributed by atoms with van der Waals surface area (Å²) in [7, 11) is 0.890. The van der Waals surface area contributed by atoms with Gasteiger partial charge in [0.1, 0.15) is 4.68 Å². The third-order valence-electron chi connectivity index (χ3n) is 1.11. The molecule has 1 unspecified atom stereocenters. The van der Waals surface area contributed by atoms with E-state index in [4.69, 9.17) is 16.3 Å². The lowest BCUT2D eigenvalue weighted by molar-refractivity contribution is 0.0265. The maximum Gasteiger partial charge on any atom is 0.118 e. The lowest BCUT2D eigenvalue weighted by Gasteiger charge is -2.23. The molecule has 56 valence electrons. The van der Waals surface area contributed by atoms with E-state index < -0.39 is 0 Å². The van der Waals surface area contributed by atoms with Crippen molar-refractivity contribution in [2.24, 2.45) is 0 Å². The molecule has 0 spiro atoms. The second kappa shape index (κ2) is 3.59. The van der Waals surface area contributed by atoms with Gasteiger partial charge in [-0.3, -0.25) is 0 Å². The van der Waals surface area contributed by atoms with Gasteiger partial charge in [0.25, 0.3) is 0 Å². The van der Waals surface area contributed by atoms with E-state index in [1.165, 1.54) is 0 Å². The highest BCUT2D eigenvalue weighted by molar-refractivity contribution is 6.43. The lowest BCUT2D eigenvalue weighted by Crippen LogP contribution is -2.28. The van der Waals surface area contributed by atoms with Gasteiger partial charge in [-0.15, -0.1) is 0 Å². The first-order chi connectivity index (χ1) is 3.98. The Morgan fingerprint density at radius 2 is 2.11 bits per heavy atom. The summed E-state index contributed by atoms with van der Waals surface area (Å²) in [5, 5.41) is 0. The van der Waals surface area contributed by atoms with E-state index in [1.807, 2.05) is 20.8 Å². The minimum absolute atomic E-state index is 0.250. The summed E-state index contributed by atoms with van der Waals surface area (Å²) in [4.78, 5) is 0. The highest BCUT2D eigenvalue weighted by Gasteiger charge is 2.18. The van der Waals surface area contributed by atoms with Crippen LogP contribution in [0.4, 0.5) is 0 Å². The Bertz CT molecular complexity index is 83.1. The van der Waals surface area contributed by atoms with Crippen molar-refractivity contribution >= 4 is 21.8 Å². The molecule has 0 aromatic heterocycles. The molecule has 3 heteroatoms. The summed E-state index contributed by atoms with van der Waals surface area (Å²) in [6.45, 7) is 6.05. The van der Waals surface area contributed by atoms with Crippen molar-refractivity contribution in [2.75, 3.05) is 0 Å². The molecule has 0 aliphatic heterocycles. The maximum atomic E-state index is 5.96. The smallest absolute Gasteiger partial charge is 0.118 e. The first-order valence-electron chi connectivity index (χ1n) is 3.34. The van der Waals surface area contributed by atoms with Gasteiger partial charge in [0.05, 0.1) is 16.3 Å². The highest BCUT2D eigenvalue weighted by atomic mass is 35.5. The van der Waals surface area contributed by atoms with Crippen molar-refractivity contribution in [2.45, 2.75) is 38.0 Å². The van der Waals surface area contributed by atoms with Crippen LogP contribution in [0.1, 0.15) is 27.2 Å². The zero-order chi connectivity index (χ0) is 7.49. The predicted octanol–water partition coefficient (Wildman–Crippen LogP) is 1.08. The summed E-state index contributed by atoms with van der Waals surface area (Å²) in [5.41, 5.74) is 0. The zero-order valence-electron chi connectivity index (χ0n) is 6.57. The van der Waals surface area contributed by atoms with Crippen LogP contribution in [-0.2, 0) is 4.74 Å². The molecule has 1 nitrogen and oxygen atoms in total. The molecule has 0 heterocycles. The van der Waals surface area contributed by atoms with Crippen LogP contribution in [0.3, 0.4) is 0 Å². The van der Waals surface area contributed by atoms with E-state index in [1.54, 1.807) is 0 Å². The molecule has 0 fully saturated rings. The van der Waals surface area contributed by atoms with Crippen molar-refractivity contribution < 1.29 is 4.74 Å². The van der Waals surface area contributed by atoms with Crippen LogP contribution >= 0.6 is 11.6 Å². The molecule has 9 heavy (non-hydrogen) atoms. The molecule has 0 aliphatic carbocycles. The van der Waals surface area contributed by atoms with E-state index in [9.17, 15) is 0 Å². The Hall–Kier alpha value is 0.467. The second-order valence-electron chi connectivity index (χ2n) is 2.62. The highest BCUT2D eigenvalue weighted by Crippen LogP contribution is 2.18. The summed E-state index contributed by atoms with van der Waals surface area (Å²) in [6.07, 6.45) is 1.15. The van der Waals surface area contributed by atoms with Crippen molar-refractivity contribution in [3.05, 3.63) is 0 Å². The molecule has 0 radical (unpaired) electrons. The van der Waals surface area contributed by atoms with Gasteiger partial charge in [0.15, 0.2) is 0 Å². The minimum Gasteiger partial charge on any atom is -0.362 e. The Morgan fingerprint density at radius 1 is 1.67 bits per heavy atom. The van der Waals surface area contributed by atoms with E-state index in [-0.39, 0.29) is 10.8 Å². The minimum atomic E-state index is -0.325. The molecule has 0 aromatic rings. The average molecular weight is 167 g/mol. The number of hydrogen-bond acceptors (Lipinski definition) is 1. The Kier molecular flexibility index (Phi) is 3.78. The largest absolute Gasteiger partial charge is 0.362 e. The second-order valence-corrected chi connectivity index (χ2v) is 5.67. The van der Waals surface area contributed by atoms with Crippen molar-refractivity contribution in [1.29, 1.82) is 0 Å². The number of rotatable bonds is 3. The quantitative estimate of drug-likeness (QED) is 0.451. The molecule has 0 amide bonds. The third-order valence-corrected chi connectivity index (χ3v) is 2.41. The normalized spacial score (nSPS) is 18.3. The van der Waals surface area contributed by atoms with Crippen molar-refractivity contribution in [3.63, 3.8) is 0 Å². The van der Waals surface area contributed by atoms with Gasteiger partial charge in [-0.2, -0.15) is 0 Å². The summed E-state index contributed by atoms with van der Waals surface area (Å²) < 4.78 is 5.09. The van der Waals surface area contributed by atoms with Crippen LogP contribution in [0.25, 0.3) is 0 Å². The molecule has 0 aliphatic rings. The van der Waals surface area contributed by atoms with E-state index in [2.05, 4.69) is 0 Å². The SMILES string of the molecule is CCC([SiH3])(Cl)OC(C)C. The Morgan fingerprint density at radius 3 is 2.22 bits per heavy atom. The summed E-state index contributed by atoms with van der Waals surface area (Å²) in [5.74, 6) is 0.